The first-order valence-electron chi connectivity index (χ1n) is 9.67. The van der Waals surface area contributed by atoms with Gasteiger partial charge in [-0.1, -0.05) is 13.0 Å². The molecule has 0 N–H and O–H groups in total. The number of hydrogen-bond donors (Lipinski definition) is 0. The molecule has 0 bridgehead atoms. The van der Waals surface area contributed by atoms with Crippen LogP contribution in [-0.4, -0.2) is 50.9 Å². The van der Waals surface area contributed by atoms with Gasteiger partial charge in [-0.25, -0.2) is 0 Å². The molecule has 9 heteroatoms. The average molecular weight is 414 g/mol. The summed E-state index contributed by atoms with van der Waals surface area (Å²) in [4.78, 5) is 30.1. The maximum atomic E-state index is 13.3. The number of carbonyl (C=O) groups excluding carboxylic acids is 2. The number of aromatic nitrogens is 2. The summed E-state index contributed by atoms with van der Waals surface area (Å²) in [5.41, 5.74) is 0. The second kappa shape index (κ2) is 8.60. The van der Waals surface area contributed by atoms with Gasteiger partial charge in [0.2, 0.25) is 11.8 Å². The van der Waals surface area contributed by atoms with Crippen molar-refractivity contribution in [3.8, 4) is 11.7 Å². The van der Waals surface area contributed by atoms with Gasteiger partial charge < -0.3 is 18.6 Å². The normalized spacial score (nSPS) is 16.3. The SMILES string of the molecule is CCCN(Cc1nnc(-c2ccco2)o1)C(=O)[C@H]1CCCN1C(=O)c1cccs1. The third-order valence-electron chi connectivity index (χ3n) is 4.86. The lowest BCUT2D eigenvalue weighted by atomic mass is 10.1. The van der Waals surface area contributed by atoms with Gasteiger partial charge in [-0.05, 0) is 42.8 Å². The molecule has 4 heterocycles. The molecule has 3 aromatic heterocycles. The van der Waals surface area contributed by atoms with Crippen LogP contribution in [0.2, 0.25) is 0 Å². The summed E-state index contributed by atoms with van der Waals surface area (Å²) in [6.45, 7) is 3.36. The van der Waals surface area contributed by atoms with E-state index in [-0.39, 0.29) is 24.2 Å². The molecule has 152 valence electrons. The molecule has 1 atom stereocenters. The standard InChI is InChI=1S/C20H22N4O4S/c1-2-9-23(13-17-21-22-18(28-17)15-7-4-11-27-15)19(25)14-6-3-10-24(14)20(26)16-8-5-12-29-16/h4-5,7-8,11-12,14H,2-3,6,9-10,13H2,1H3/t14-/m1/s1. The smallest absolute Gasteiger partial charge is 0.283 e. The number of rotatable bonds is 7. The van der Waals surface area contributed by atoms with Crippen molar-refractivity contribution in [3.05, 3.63) is 46.7 Å². The van der Waals surface area contributed by atoms with Gasteiger partial charge in [0.15, 0.2) is 5.76 Å². The third-order valence-corrected chi connectivity index (χ3v) is 5.72. The van der Waals surface area contributed by atoms with Crippen molar-refractivity contribution < 1.29 is 18.4 Å². The van der Waals surface area contributed by atoms with Crippen LogP contribution in [0.1, 0.15) is 41.7 Å². The lowest BCUT2D eigenvalue weighted by Gasteiger charge is -2.29. The number of thiophene rings is 1. The zero-order chi connectivity index (χ0) is 20.2. The van der Waals surface area contributed by atoms with E-state index in [1.165, 1.54) is 17.6 Å². The van der Waals surface area contributed by atoms with E-state index in [2.05, 4.69) is 10.2 Å². The van der Waals surface area contributed by atoms with E-state index in [4.69, 9.17) is 8.83 Å². The predicted molar refractivity (Wildman–Crippen MR) is 106 cm³/mol. The number of likely N-dealkylation sites (tertiary alicyclic amines) is 1. The maximum Gasteiger partial charge on any atom is 0.283 e. The van der Waals surface area contributed by atoms with Crippen LogP contribution in [0.5, 0.6) is 0 Å². The number of nitrogens with zero attached hydrogens (tertiary/aromatic N) is 4. The number of furan rings is 1. The summed E-state index contributed by atoms with van der Waals surface area (Å²) in [5.74, 6) is 0.953. The Morgan fingerprint density at radius 3 is 2.93 bits per heavy atom. The van der Waals surface area contributed by atoms with Crippen LogP contribution in [0.15, 0.2) is 44.7 Å². The minimum absolute atomic E-state index is 0.0768. The zero-order valence-electron chi connectivity index (χ0n) is 16.1. The molecule has 1 aliphatic heterocycles. The predicted octanol–water partition coefficient (Wildman–Crippen LogP) is 3.43. The molecule has 0 saturated carbocycles. The summed E-state index contributed by atoms with van der Waals surface area (Å²) < 4.78 is 10.9. The first-order valence-corrected chi connectivity index (χ1v) is 10.5. The van der Waals surface area contributed by atoms with E-state index < -0.39 is 6.04 Å². The zero-order valence-corrected chi connectivity index (χ0v) is 16.9. The Bertz CT molecular complexity index is 951. The molecule has 3 aromatic rings. The number of amides is 2. The maximum absolute atomic E-state index is 13.3. The minimum atomic E-state index is -0.455. The van der Waals surface area contributed by atoms with Crippen LogP contribution in [-0.2, 0) is 11.3 Å². The van der Waals surface area contributed by atoms with E-state index in [1.54, 1.807) is 28.0 Å². The van der Waals surface area contributed by atoms with E-state index in [0.717, 1.165) is 12.8 Å². The molecule has 4 rings (SSSR count). The van der Waals surface area contributed by atoms with Crippen LogP contribution in [0.4, 0.5) is 0 Å². The van der Waals surface area contributed by atoms with Crippen molar-refractivity contribution in [2.24, 2.45) is 0 Å². The highest BCUT2D eigenvalue weighted by atomic mass is 32.1. The Kier molecular flexibility index (Phi) is 5.75. The van der Waals surface area contributed by atoms with E-state index in [0.29, 0.717) is 36.0 Å². The van der Waals surface area contributed by atoms with E-state index >= 15 is 0 Å². The molecule has 29 heavy (non-hydrogen) atoms. The molecule has 1 saturated heterocycles. The van der Waals surface area contributed by atoms with Gasteiger partial charge in [-0.2, -0.15) is 0 Å². The van der Waals surface area contributed by atoms with Crippen molar-refractivity contribution in [1.82, 2.24) is 20.0 Å². The van der Waals surface area contributed by atoms with Crippen LogP contribution in [0, 0.1) is 0 Å². The lowest BCUT2D eigenvalue weighted by molar-refractivity contribution is -0.136. The van der Waals surface area contributed by atoms with Gasteiger partial charge in [-0.15, -0.1) is 21.5 Å². The fraction of sp³-hybridized carbons (Fsp3) is 0.400. The molecule has 1 aliphatic rings. The first-order chi connectivity index (χ1) is 14.2. The van der Waals surface area contributed by atoms with Gasteiger partial charge in [0, 0.05) is 13.1 Å². The highest BCUT2D eigenvalue weighted by molar-refractivity contribution is 7.12. The largest absolute Gasteiger partial charge is 0.459 e. The van der Waals surface area contributed by atoms with Crippen LogP contribution in [0.25, 0.3) is 11.7 Å². The molecular formula is C20H22N4O4S. The summed E-state index contributed by atoms with van der Waals surface area (Å²) in [6, 6.07) is 6.67. The fourth-order valence-electron chi connectivity index (χ4n) is 3.54. The van der Waals surface area contributed by atoms with Crippen molar-refractivity contribution in [3.63, 3.8) is 0 Å². The molecule has 0 aromatic carbocycles. The van der Waals surface area contributed by atoms with Crippen LogP contribution in [0.3, 0.4) is 0 Å². The lowest BCUT2D eigenvalue weighted by Crippen LogP contribution is -2.47. The molecule has 0 unspecified atom stereocenters. The Hall–Kier alpha value is -2.94. The van der Waals surface area contributed by atoms with Gasteiger partial charge in [0.05, 0.1) is 17.7 Å². The third kappa shape index (κ3) is 4.09. The summed E-state index contributed by atoms with van der Waals surface area (Å²) in [6.07, 6.45) is 3.80. The van der Waals surface area contributed by atoms with E-state index in [1.807, 2.05) is 18.4 Å². The molecule has 2 amide bonds. The summed E-state index contributed by atoms with van der Waals surface area (Å²) >= 11 is 1.40. The van der Waals surface area contributed by atoms with Gasteiger partial charge in [0.1, 0.15) is 6.04 Å². The molecule has 0 spiro atoms. The second-order valence-electron chi connectivity index (χ2n) is 6.87. The van der Waals surface area contributed by atoms with E-state index in [9.17, 15) is 9.59 Å². The Morgan fingerprint density at radius 1 is 1.31 bits per heavy atom. The minimum Gasteiger partial charge on any atom is -0.459 e. The highest BCUT2D eigenvalue weighted by Crippen LogP contribution is 2.25. The highest BCUT2D eigenvalue weighted by Gasteiger charge is 2.37. The van der Waals surface area contributed by atoms with Gasteiger partial charge in [-0.3, -0.25) is 9.59 Å². The Balaban J connectivity index is 1.49. The average Bonchev–Trinajstić information content (AvgIpc) is 3.53. The quantitative estimate of drug-likeness (QED) is 0.588. The number of carbonyl (C=O) groups is 2. The molecule has 0 radical (unpaired) electrons. The van der Waals surface area contributed by atoms with Crippen molar-refractivity contribution in [2.75, 3.05) is 13.1 Å². The second-order valence-corrected chi connectivity index (χ2v) is 7.82. The van der Waals surface area contributed by atoms with Crippen molar-refractivity contribution in [1.29, 1.82) is 0 Å². The molecular weight excluding hydrogens is 392 g/mol. The van der Waals surface area contributed by atoms with Crippen molar-refractivity contribution >= 4 is 23.2 Å². The molecule has 1 fully saturated rings. The van der Waals surface area contributed by atoms with Gasteiger partial charge in [0.25, 0.3) is 11.8 Å². The summed E-state index contributed by atoms with van der Waals surface area (Å²) in [7, 11) is 0. The Morgan fingerprint density at radius 2 is 2.21 bits per heavy atom. The fourth-order valence-corrected chi connectivity index (χ4v) is 4.22. The summed E-state index contributed by atoms with van der Waals surface area (Å²) in [5, 5.41) is 9.91. The van der Waals surface area contributed by atoms with Gasteiger partial charge >= 0.3 is 0 Å². The monoisotopic (exact) mass is 414 g/mol. The Labute approximate surface area is 172 Å². The van der Waals surface area contributed by atoms with Crippen LogP contribution >= 0.6 is 11.3 Å². The molecule has 8 nitrogen and oxygen atoms in total. The van der Waals surface area contributed by atoms with Crippen LogP contribution < -0.4 is 0 Å². The van der Waals surface area contributed by atoms with Crippen molar-refractivity contribution in [2.45, 2.75) is 38.8 Å². The topological polar surface area (TPSA) is 92.7 Å². The first kappa shape index (κ1) is 19.4. The number of hydrogen-bond acceptors (Lipinski definition) is 7. The molecule has 0 aliphatic carbocycles.